The van der Waals surface area contributed by atoms with Crippen molar-refractivity contribution in [2.45, 2.75) is 32.4 Å². The Labute approximate surface area is 139 Å². The van der Waals surface area contributed by atoms with Crippen molar-refractivity contribution < 1.29 is 14.3 Å². The Kier molecular flexibility index (Phi) is 4.22. The van der Waals surface area contributed by atoms with Gasteiger partial charge in [-0.25, -0.2) is 4.79 Å². The van der Waals surface area contributed by atoms with E-state index in [1.165, 1.54) is 0 Å². The van der Waals surface area contributed by atoms with Crippen molar-refractivity contribution in [3.05, 3.63) is 57.8 Å². The van der Waals surface area contributed by atoms with E-state index < -0.39 is 11.6 Å². The van der Waals surface area contributed by atoms with E-state index in [-0.39, 0.29) is 5.91 Å². The summed E-state index contributed by atoms with van der Waals surface area (Å²) in [5.74, 6) is -0.564. The first kappa shape index (κ1) is 15.7. The summed E-state index contributed by atoms with van der Waals surface area (Å²) in [4.78, 5) is 28.1. The highest BCUT2D eigenvalue weighted by Gasteiger charge is 2.44. The molecule has 120 valence electrons. The van der Waals surface area contributed by atoms with Crippen molar-refractivity contribution in [1.82, 2.24) is 4.90 Å². The maximum atomic E-state index is 13.0. The fraction of sp³-hybridized carbons (Fsp3) is 0.333. The topological polar surface area (TPSA) is 46.6 Å². The Morgan fingerprint density at radius 2 is 2.09 bits per heavy atom. The molecule has 2 heterocycles. The van der Waals surface area contributed by atoms with Crippen molar-refractivity contribution in [2.24, 2.45) is 0 Å². The SMILES string of the molecule is CCN(Cc1cccs1)C(=O)C1(C)Cc2ccccc2C(=O)O1. The number of carbonyl (C=O) groups is 2. The molecule has 1 aromatic carbocycles. The number of carbonyl (C=O) groups excluding carboxylic acids is 2. The number of thiophene rings is 1. The molecule has 1 unspecified atom stereocenters. The zero-order valence-electron chi connectivity index (χ0n) is 13.2. The van der Waals surface area contributed by atoms with E-state index in [1.807, 2.05) is 36.6 Å². The fourth-order valence-corrected chi connectivity index (χ4v) is 3.62. The molecule has 1 aliphatic heterocycles. The number of likely N-dealkylation sites (N-methyl/N-ethyl adjacent to an activating group) is 1. The molecule has 23 heavy (non-hydrogen) atoms. The van der Waals surface area contributed by atoms with Crippen LogP contribution < -0.4 is 0 Å². The number of cyclic esters (lactones) is 1. The molecule has 0 spiro atoms. The van der Waals surface area contributed by atoms with Crippen LogP contribution in [0.3, 0.4) is 0 Å². The highest BCUT2D eigenvalue weighted by molar-refractivity contribution is 7.09. The molecule has 0 saturated heterocycles. The lowest BCUT2D eigenvalue weighted by Crippen LogP contribution is -2.52. The Morgan fingerprint density at radius 1 is 1.30 bits per heavy atom. The molecule has 0 saturated carbocycles. The van der Waals surface area contributed by atoms with Crippen LogP contribution in [0.4, 0.5) is 0 Å². The molecule has 1 amide bonds. The lowest BCUT2D eigenvalue weighted by Gasteiger charge is -2.36. The molecule has 0 aliphatic carbocycles. The maximum Gasteiger partial charge on any atom is 0.339 e. The smallest absolute Gasteiger partial charge is 0.339 e. The number of hydrogen-bond donors (Lipinski definition) is 0. The zero-order valence-corrected chi connectivity index (χ0v) is 14.1. The lowest BCUT2D eigenvalue weighted by molar-refractivity contribution is -0.151. The Hall–Kier alpha value is -2.14. The summed E-state index contributed by atoms with van der Waals surface area (Å²) < 4.78 is 5.54. The number of esters is 1. The molecule has 0 N–H and O–H groups in total. The van der Waals surface area contributed by atoms with Gasteiger partial charge in [0.25, 0.3) is 5.91 Å². The number of fused-ring (bicyclic) bond motifs is 1. The van der Waals surface area contributed by atoms with E-state index in [9.17, 15) is 9.59 Å². The van der Waals surface area contributed by atoms with Crippen LogP contribution in [0.15, 0.2) is 41.8 Å². The highest BCUT2D eigenvalue weighted by Crippen LogP contribution is 2.30. The summed E-state index contributed by atoms with van der Waals surface area (Å²) in [7, 11) is 0. The monoisotopic (exact) mass is 329 g/mol. The Balaban J connectivity index is 1.84. The molecular weight excluding hydrogens is 310 g/mol. The molecule has 3 rings (SSSR count). The molecule has 4 nitrogen and oxygen atoms in total. The third-order valence-corrected chi connectivity index (χ3v) is 4.99. The first-order chi connectivity index (χ1) is 11.0. The minimum absolute atomic E-state index is 0.142. The molecule has 1 aromatic heterocycles. The molecular formula is C18H19NO3S. The van der Waals surface area contributed by atoms with Crippen LogP contribution in [0, 0.1) is 0 Å². The van der Waals surface area contributed by atoms with Gasteiger partial charge in [-0.3, -0.25) is 4.79 Å². The number of amides is 1. The zero-order chi connectivity index (χ0) is 16.4. The summed E-state index contributed by atoms with van der Waals surface area (Å²) in [6, 6.07) is 11.3. The average molecular weight is 329 g/mol. The normalized spacial score (nSPS) is 19.8. The standard InChI is InChI=1S/C18H19NO3S/c1-3-19(12-14-8-6-10-23-14)17(21)18(2)11-13-7-4-5-9-15(13)16(20)22-18/h4-10H,3,11-12H2,1-2H3. The van der Waals surface area contributed by atoms with Crippen LogP contribution in [-0.2, 0) is 22.5 Å². The van der Waals surface area contributed by atoms with Crippen LogP contribution in [0.5, 0.6) is 0 Å². The molecule has 0 bridgehead atoms. The van der Waals surface area contributed by atoms with Gasteiger partial charge in [-0.2, -0.15) is 0 Å². The molecule has 5 heteroatoms. The van der Waals surface area contributed by atoms with Gasteiger partial charge in [0.2, 0.25) is 0 Å². The minimum atomic E-state index is -1.14. The van der Waals surface area contributed by atoms with E-state index in [1.54, 1.807) is 35.3 Å². The molecule has 0 radical (unpaired) electrons. The van der Waals surface area contributed by atoms with Crippen molar-refractivity contribution in [3.8, 4) is 0 Å². The van der Waals surface area contributed by atoms with Crippen LogP contribution in [0.2, 0.25) is 0 Å². The number of ether oxygens (including phenoxy) is 1. The van der Waals surface area contributed by atoms with Crippen LogP contribution in [0.25, 0.3) is 0 Å². The third-order valence-electron chi connectivity index (χ3n) is 4.13. The van der Waals surface area contributed by atoms with Gasteiger partial charge < -0.3 is 9.64 Å². The fourth-order valence-electron chi connectivity index (χ4n) is 2.90. The first-order valence-corrected chi connectivity index (χ1v) is 8.54. The summed E-state index contributed by atoms with van der Waals surface area (Å²) in [5, 5.41) is 1.99. The number of benzene rings is 1. The van der Waals surface area contributed by atoms with Crippen LogP contribution >= 0.6 is 11.3 Å². The molecule has 1 atom stereocenters. The van der Waals surface area contributed by atoms with Gasteiger partial charge in [0, 0.05) is 17.8 Å². The second-order valence-electron chi connectivity index (χ2n) is 5.85. The summed E-state index contributed by atoms with van der Waals surface area (Å²) >= 11 is 1.62. The number of nitrogens with zero attached hydrogens (tertiary/aromatic N) is 1. The van der Waals surface area contributed by atoms with E-state index in [0.29, 0.717) is 25.1 Å². The quantitative estimate of drug-likeness (QED) is 0.809. The minimum Gasteiger partial charge on any atom is -0.445 e. The summed E-state index contributed by atoms with van der Waals surface area (Å²) in [6.07, 6.45) is 0.411. The van der Waals surface area contributed by atoms with E-state index in [4.69, 9.17) is 4.74 Å². The van der Waals surface area contributed by atoms with Gasteiger partial charge in [0.05, 0.1) is 12.1 Å². The third kappa shape index (κ3) is 3.01. The van der Waals surface area contributed by atoms with E-state index >= 15 is 0 Å². The van der Waals surface area contributed by atoms with E-state index in [2.05, 4.69) is 0 Å². The second-order valence-corrected chi connectivity index (χ2v) is 6.89. The Bertz CT molecular complexity index is 726. The predicted octanol–water partition coefficient (Wildman–Crippen LogP) is 3.27. The van der Waals surface area contributed by atoms with Crippen LogP contribution in [0.1, 0.15) is 34.6 Å². The van der Waals surface area contributed by atoms with Gasteiger partial charge in [0.1, 0.15) is 0 Å². The first-order valence-electron chi connectivity index (χ1n) is 7.66. The van der Waals surface area contributed by atoms with Gasteiger partial charge in [-0.15, -0.1) is 11.3 Å². The van der Waals surface area contributed by atoms with Gasteiger partial charge in [-0.05, 0) is 36.9 Å². The molecule has 0 fully saturated rings. The molecule has 2 aromatic rings. The molecule has 1 aliphatic rings. The number of rotatable bonds is 4. The summed E-state index contributed by atoms with van der Waals surface area (Å²) in [5.41, 5.74) is 0.282. The second kappa shape index (κ2) is 6.16. The van der Waals surface area contributed by atoms with Gasteiger partial charge >= 0.3 is 5.97 Å². The largest absolute Gasteiger partial charge is 0.445 e. The van der Waals surface area contributed by atoms with Crippen molar-refractivity contribution in [3.63, 3.8) is 0 Å². The Morgan fingerprint density at radius 3 is 2.78 bits per heavy atom. The van der Waals surface area contributed by atoms with Crippen molar-refractivity contribution >= 4 is 23.2 Å². The van der Waals surface area contributed by atoms with Crippen LogP contribution in [-0.4, -0.2) is 28.9 Å². The predicted molar refractivity (Wildman–Crippen MR) is 89.4 cm³/mol. The lowest BCUT2D eigenvalue weighted by atomic mass is 9.89. The average Bonchev–Trinajstić information content (AvgIpc) is 3.05. The maximum absolute atomic E-state index is 13.0. The van der Waals surface area contributed by atoms with Gasteiger partial charge in [-0.1, -0.05) is 24.3 Å². The van der Waals surface area contributed by atoms with Crippen molar-refractivity contribution in [1.29, 1.82) is 0 Å². The number of hydrogen-bond acceptors (Lipinski definition) is 4. The highest BCUT2D eigenvalue weighted by atomic mass is 32.1. The van der Waals surface area contributed by atoms with Crippen molar-refractivity contribution in [2.75, 3.05) is 6.54 Å². The van der Waals surface area contributed by atoms with Gasteiger partial charge in [0.15, 0.2) is 5.60 Å². The summed E-state index contributed by atoms with van der Waals surface area (Å²) in [6.45, 7) is 4.76. The van der Waals surface area contributed by atoms with E-state index in [0.717, 1.165) is 10.4 Å².